The quantitative estimate of drug-likeness (QED) is 0.248. The van der Waals surface area contributed by atoms with E-state index in [4.69, 9.17) is 27.9 Å². The van der Waals surface area contributed by atoms with E-state index in [0.717, 1.165) is 11.1 Å². The van der Waals surface area contributed by atoms with Gasteiger partial charge in [0.1, 0.15) is 12.4 Å². The lowest BCUT2D eigenvalue weighted by Gasteiger charge is -2.17. The zero-order valence-electron chi connectivity index (χ0n) is 18.9. The van der Waals surface area contributed by atoms with E-state index in [-0.39, 0.29) is 11.6 Å². The van der Waals surface area contributed by atoms with Gasteiger partial charge in [0.15, 0.2) is 0 Å². The van der Waals surface area contributed by atoms with Crippen LogP contribution in [-0.4, -0.2) is 24.2 Å². The van der Waals surface area contributed by atoms with Crippen molar-refractivity contribution in [2.24, 2.45) is 0 Å². The Kier molecular flexibility index (Phi) is 7.42. The number of aryl methyl sites for hydroxylation is 1. The third kappa shape index (κ3) is 5.36. The fraction of sp³-hybridized carbons (Fsp3) is 0.179. The first-order chi connectivity index (χ1) is 16.3. The summed E-state index contributed by atoms with van der Waals surface area (Å²) in [6.07, 6.45) is 0. The number of carboxylic acid groups (broad SMARTS) is 1. The first-order valence-corrected chi connectivity index (χ1v) is 11.8. The average molecular weight is 494 g/mol. The summed E-state index contributed by atoms with van der Waals surface area (Å²) in [5.74, 6) is -0.538. The van der Waals surface area contributed by atoms with Gasteiger partial charge in [0.25, 0.3) is 0 Å². The monoisotopic (exact) mass is 493 g/mol. The van der Waals surface area contributed by atoms with Crippen LogP contribution in [0.15, 0.2) is 72.8 Å². The van der Waals surface area contributed by atoms with Crippen LogP contribution < -0.4 is 10.1 Å². The van der Waals surface area contributed by atoms with Crippen LogP contribution in [0.4, 0.5) is 0 Å². The van der Waals surface area contributed by atoms with Crippen molar-refractivity contribution < 1.29 is 14.6 Å². The highest BCUT2D eigenvalue weighted by Crippen LogP contribution is 2.34. The van der Waals surface area contributed by atoms with E-state index in [9.17, 15) is 9.90 Å². The van der Waals surface area contributed by atoms with Gasteiger partial charge in [-0.3, -0.25) is 0 Å². The molecule has 0 spiro atoms. The van der Waals surface area contributed by atoms with Crippen LogP contribution in [0.25, 0.3) is 21.9 Å². The lowest BCUT2D eigenvalue weighted by Crippen LogP contribution is -2.24. The molecule has 4 nitrogen and oxygen atoms in total. The predicted octanol–water partition coefficient (Wildman–Crippen LogP) is 7.55. The summed E-state index contributed by atoms with van der Waals surface area (Å²) in [5.41, 5.74) is 3.67. The van der Waals surface area contributed by atoms with Gasteiger partial charge in [-0.15, -0.1) is 0 Å². The van der Waals surface area contributed by atoms with E-state index < -0.39 is 5.97 Å². The number of aromatic carboxylic acids is 1. The molecule has 6 heteroatoms. The van der Waals surface area contributed by atoms with Crippen LogP contribution >= 0.6 is 23.2 Å². The van der Waals surface area contributed by atoms with Crippen molar-refractivity contribution in [2.45, 2.75) is 19.9 Å². The minimum Gasteiger partial charge on any atom is -0.492 e. The highest BCUT2D eigenvalue weighted by atomic mass is 35.5. The largest absolute Gasteiger partial charge is 0.492 e. The second-order valence-corrected chi connectivity index (χ2v) is 9.02. The van der Waals surface area contributed by atoms with Gasteiger partial charge >= 0.3 is 5.97 Å². The van der Waals surface area contributed by atoms with Gasteiger partial charge in [-0.2, -0.15) is 0 Å². The molecule has 0 radical (unpaired) electrons. The number of benzene rings is 4. The summed E-state index contributed by atoms with van der Waals surface area (Å²) >= 11 is 12.4. The Balaban J connectivity index is 1.47. The molecule has 0 aliphatic carbocycles. The number of hydrogen-bond donors (Lipinski definition) is 2. The molecule has 0 bridgehead atoms. The third-order valence-electron chi connectivity index (χ3n) is 5.81. The van der Waals surface area contributed by atoms with Crippen molar-refractivity contribution >= 4 is 39.9 Å². The number of carbonyl (C=O) groups is 1. The molecule has 0 saturated carbocycles. The second kappa shape index (κ2) is 10.5. The summed E-state index contributed by atoms with van der Waals surface area (Å²) in [4.78, 5) is 11.7. The van der Waals surface area contributed by atoms with E-state index in [0.29, 0.717) is 34.5 Å². The molecule has 4 aromatic carbocycles. The highest BCUT2D eigenvalue weighted by molar-refractivity contribution is 6.42. The molecule has 0 saturated heterocycles. The van der Waals surface area contributed by atoms with Crippen LogP contribution in [0.3, 0.4) is 0 Å². The Morgan fingerprint density at radius 1 is 1.00 bits per heavy atom. The Hall–Kier alpha value is -3.05. The Bertz CT molecular complexity index is 1320. The van der Waals surface area contributed by atoms with Crippen molar-refractivity contribution in [2.75, 3.05) is 13.2 Å². The molecule has 0 fully saturated rings. The molecular formula is C28H25Cl2NO3. The molecular weight excluding hydrogens is 469 g/mol. The number of ether oxygens (including phenoxy) is 1. The van der Waals surface area contributed by atoms with Gasteiger partial charge in [0.05, 0.1) is 15.6 Å². The van der Waals surface area contributed by atoms with E-state index in [1.165, 1.54) is 22.4 Å². The minimum atomic E-state index is -1.02. The van der Waals surface area contributed by atoms with Crippen molar-refractivity contribution in [3.05, 3.63) is 99.5 Å². The summed E-state index contributed by atoms with van der Waals surface area (Å²) in [5, 5.41) is 16.4. The molecule has 2 N–H and O–H groups in total. The molecule has 34 heavy (non-hydrogen) atoms. The summed E-state index contributed by atoms with van der Waals surface area (Å²) in [6, 6.07) is 23.3. The SMILES string of the molecule is Cc1cc(-c2cc(OCCN[C@H](C)c3cccc4ccccc34)cc(C(=O)O)c2)cc(Cl)c1Cl. The normalized spacial score (nSPS) is 12.0. The van der Waals surface area contributed by atoms with Gasteiger partial charge < -0.3 is 15.2 Å². The average Bonchev–Trinajstić information content (AvgIpc) is 2.84. The zero-order chi connectivity index (χ0) is 24.2. The van der Waals surface area contributed by atoms with Crippen LogP contribution in [0, 0.1) is 6.92 Å². The molecule has 0 heterocycles. The van der Waals surface area contributed by atoms with E-state index >= 15 is 0 Å². The van der Waals surface area contributed by atoms with Gasteiger partial charge in [-0.1, -0.05) is 65.7 Å². The second-order valence-electron chi connectivity index (χ2n) is 8.23. The molecule has 174 valence electrons. The molecule has 0 unspecified atom stereocenters. The molecule has 0 aromatic heterocycles. The molecule has 0 aliphatic rings. The van der Waals surface area contributed by atoms with Crippen molar-refractivity contribution in [3.63, 3.8) is 0 Å². The standard InChI is InChI=1S/C28H25Cl2NO3/c1-17-12-20(16-26(29)27(17)30)21-13-22(28(32)33)15-23(14-21)34-11-10-31-18(2)24-9-5-7-19-6-3-4-8-25(19)24/h3-9,12-16,18,31H,10-11H2,1-2H3,(H,32,33)/t18-/m1/s1. The molecule has 4 aromatic rings. The number of halogens is 2. The van der Waals surface area contributed by atoms with Crippen molar-refractivity contribution in [1.29, 1.82) is 0 Å². The Morgan fingerprint density at radius 3 is 2.50 bits per heavy atom. The van der Waals surface area contributed by atoms with Crippen molar-refractivity contribution in [1.82, 2.24) is 5.32 Å². The summed E-state index contributed by atoms with van der Waals surface area (Å²) in [7, 11) is 0. The summed E-state index contributed by atoms with van der Waals surface area (Å²) < 4.78 is 5.93. The number of nitrogens with one attached hydrogen (secondary N) is 1. The first kappa shape index (κ1) is 24.1. The lowest BCUT2D eigenvalue weighted by atomic mass is 10.00. The number of carboxylic acids is 1. The number of rotatable bonds is 8. The summed E-state index contributed by atoms with van der Waals surface area (Å²) in [6.45, 7) is 4.97. The molecule has 1 atom stereocenters. The highest BCUT2D eigenvalue weighted by Gasteiger charge is 2.13. The third-order valence-corrected chi connectivity index (χ3v) is 6.70. The van der Waals surface area contributed by atoms with Crippen molar-refractivity contribution in [3.8, 4) is 16.9 Å². The maximum absolute atomic E-state index is 11.7. The van der Waals surface area contributed by atoms with Crippen LogP contribution in [0.5, 0.6) is 5.75 Å². The molecule has 0 amide bonds. The molecule has 4 rings (SSSR count). The van der Waals surface area contributed by atoms with E-state index in [2.05, 4.69) is 42.6 Å². The smallest absolute Gasteiger partial charge is 0.335 e. The van der Waals surface area contributed by atoms with E-state index in [1.54, 1.807) is 12.1 Å². The van der Waals surface area contributed by atoms with Crippen LogP contribution in [0.2, 0.25) is 10.0 Å². The zero-order valence-corrected chi connectivity index (χ0v) is 20.5. The van der Waals surface area contributed by atoms with Gasteiger partial charge in [-0.25, -0.2) is 4.79 Å². The van der Waals surface area contributed by atoms with Gasteiger partial charge in [0.2, 0.25) is 0 Å². The minimum absolute atomic E-state index is 0.134. The predicted molar refractivity (Wildman–Crippen MR) is 139 cm³/mol. The first-order valence-electron chi connectivity index (χ1n) is 11.0. The topological polar surface area (TPSA) is 58.6 Å². The Morgan fingerprint density at radius 2 is 1.74 bits per heavy atom. The fourth-order valence-corrected chi connectivity index (χ4v) is 4.42. The number of fused-ring (bicyclic) bond motifs is 1. The maximum atomic E-state index is 11.7. The van der Waals surface area contributed by atoms with E-state index in [1.807, 2.05) is 31.2 Å². The van der Waals surface area contributed by atoms with Crippen LogP contribution in [-0.2, 0) is 0 Å². The maximum Gasteiger partial charge on any atom is 0.335 e. The number of hydrogen-bond acceptors (Lipinski definition) is 3. The van der Waals surface area contributed by atoms with Gasteiger partial charge in [-0.05, 0) is 77.2 Å². The lowest BCUT2D eigenvalue weighted by molar-refractivity contribution is 0.0696. The Labute approximate surface area is 209 Å². The fourth-order valence-electron chi connectivity index (χ4n) is 4.05. The molecule has 0 aliphatic heterocycles. The van der Waals surface area contributed by atoms with Gasteiger partial charge in [0, 0.05) is 12.6 Å². The van der Waals surface area contributed by atoms with Crippen LogP contribution in [0.1, 0.15) is 34.5 Å².